The van der Waals surface area contributed by atoms with Crippen LogP contribution >= 0.6 is 11.3 Å². The van der Waals surface area contributed by atoms with Crippen molar-refractivity contribution in [2.75, 3.05) is 13.1 Å². The lowest BCUT2D eigenvalue weighted by molar-refractivity contribution is -0.126. The molecular weight excluding hydrogens is 455 g/mol. The van der Waals surface area contributed by atoms with Crippen molar-refractivity contribution in [1.82, 2.24) is 19.8 Å². The molecule has 1 aliphatic rings. The van der Waals surface area contributed by atoms with Crippen molar-refractivity contribution in [1.29, 1.82) is 0 Å². The van der Waals surface area contributed by atoms with Crippen LogP contribution in [0, 0.1) is 25.6 Å². The molecule has 1 fully saturated rings. The average molecular weight is 479 g/mol. The van der Waals surface area contributed by atoms with Crippen molar-refractivity contribution in [3.63, 3.8) is 0 Å². The summed E-state index contributed by atoms with van der Waals surface area (Å²) in [5.74, 6) is 0.0778. The van der Waals surface area contributed by atoms with Crippen molar-refractivity contribution >= 4 is 27.3 Å². The van der Waals surface area contributed by atoms with Gasteiger partial charge in [-0.2, -0.15) is 9.29 Å². The number of nitrogens with zero attached hydrogens (tertiary/aromatic N) is 3. The number of piperidine rings is 1. The summed E-state index contributed by atoms with van der Waals surface area (Å²) in [6, 6.07) is 7.53. The number of nitrogens with one attached hydrogen (secondary N) is 1. The van der Waals surface area contributed by atoms with E-state index in [0.717, 1.165) is 5.56 Å². The smallest absolute Gasteiger partial charge is 0.244 e. The molecule has 0 atom stereocenters. The number of hydrogen-bond acceptors (Lipinski definition) is 7. The van der Waals surface area contributed by atoms with Crippen LogP contribution in [0.2, 0.25) is 0 Å². The third-order valence-corrected chi connectivity index (χ3v) is 8.64. The molecule has 3 heterocycles. The van der Waals surface area contributed by atoms with Gasteiger partial charge < -0.3 is 9.84 Å². The number of carbonyl (C=O) groups excluding carboxylic acids is 1. The van der Waals surface area contributed by atoms with Gasteiger partial charge in [-0.15, -0.1) is 11.3 Å². The van der Waals surface area contributed by atoms with E-state index in [9.17, 15) is 17.6 Å². The minimum absolute atomic E-state index is 0.118. The minimum Gasteiger partial charge on any atom is -0.352 e. The van der Waals surface area contributed by atoms with Gasteiger partial charge >= 0.3 is 0 Å². The number of halogens is 1. The Kier molecular flexibility index (Phi) is 6.40. The number of sulfonamides is 1. The van der Waals surface area contributed by atoms with E-state index in [2.05, 4.69) is 15.5 Å². The summed E-state index contributed by atoms with van der Waals surface area (Å²) < 4.78 is 45.8. The maximum absolute atomic E-state index is 13.2. The van der Waals surface area contributed by atoms with Crippen LogP contribution in [0.3, 0.4) is 0 Å². The molecule has 11 heteroatoms. The predicted octanol–water partition coefficient (Wildman–Crippen LogP) is 3.27. The van der Waals surface area contributed by atoms with E-state index in [-0.39, 0.29) is 35.6 Å². The zero-order valence-electron chi connectivity index (χ0n) is 17.7. The highest BCUT2D eigenvalue weighted by Crippen LogP contribution is 2.34. The fraction of sp³-hybridized carbons (Fsp3) is 0.381. The van der Waals surface area contributed by atoms with E-state index < -0.39 is 10.0 Å². The van der Waals surface area contributed by atoms with Crippen molar-refractivity contribution in [3.05, 3.63) is 52.5 Å². The maximum Gasteiger partial charge on any atom is 0.244 e. The first kappa shape index (κ1) is 22.6. The van der Waals surface area contributed by atoms with E-state index in [4.69, 9.17) is 4.52 Å². The minimum atomic E-state index is -3.69. The highest BCUT2D eigenvalue weighted by atomic mass is 32.2. The molecule has 8 nitrogen and oxygen atoms in total. The number of thiophene rings is 1. The Morgan fingerprint density at radius 3 is 2.56 bits per heavy atom. The van der Waals surface area contributed by atoms with Gasteiger partial charge in [0, 0.05) is 37.4 Å². The maximum atomic E-state index is 13.2. The number of rotatable bonds is 6. The van der Waals surface area contributed by atoms with Gasteiger partial charge in [-0.1, -0.05) is 17.3 Å². The first-order chi connectivity index (χ1) is 15.2. The second-order valence-electron chi connectivity index (χ2n) is 7.69. The lowest BCUT2D eigenvalue weighted by Crippen LogP contribution is -2.42. The predicted molar refractivity (Wildman–Crippen MR) is 117 cm³/mol. The molecule has 0 spiro atoms. The summed E-state index contributed by atoms with van der Waals surface area (Å²) >= 11 is 1.30. The summed E-state index contributed by atoms with van der Waals surface area (Å²) in [4.78, 5) is 18.2. The normalized spacial score (nSPS) is 15.7. The Balaban J connectivity index is 1.37. The Morgan fingerprint density at radius 2 is 1.94 bits per heavy atom. The fourth-order valence-electron chi connectivity index (χ4n) is 3.66. The largest absolute Gasteiger partial charge is 0.352 e. The second kappa shape index (κ2) is 9.08. The van der Waals surface area contributed by atoms with Crippen LogP contribution in [-0.4, -0.2) is 41.9 Å². The van der Waals surface area contributed by atoms with Gasteiger partial charge in [0.05, 0.1) is 9.77 Å². The molecule has 1 aromatic carbocycles. The summed E-state index contributed by atoms with van der Waals surface area (Å²) in [5.41, 5.74) is 0.806. The number of benzene rings is 1. The number of carbonyl (C=O) groups is 1. The highest BCUT2D eigenvalue weighted by molar-refractivity contribution is 7.89. The van der Waals surface area contributed by atoms with Gasteiger partial charge in [0.1, 0.15) is 5.82 Å². The Hall–Kier alpha value is -2.63. The molecule has 0 radical (unpaired) electrons. The molecule has 0 bridgehead atoms. The van der Waals surface area contributed by atoms with Gasteiger partial charge in [-0.25, -0.2) is 12.8 Å². The molecule has 0 saturated carbocycles. The van der Waals surface area contributed by atoms with Crippen LogP contribution in [-0.2, 0) is 21.4 Å². The summed E-state index contributed by atoms with van der Waals surface area (Å²) in [5, 5.41) is 6.72. The SMILES string of the molecule is Cc1nc(-c2cc(S(=O)(=O)N3CCC(C(=O)NCc4ccc(F)cc4)CC3)c(C)s2)no1. The zero-order valence-corrected chi connectivity index (χ0v) is 19.3. The molecule has 1 aliphatic heterocycles. The molecule has 4 rings (SSSR count). The van der Waals surface area contributed by atoms with Crippen LogP contribution in [0.4, 0.5) is 4.39 Å². The third kappa shape index (κ3) is 4.74. The molecule has 32 heavy (non-hydrogen) atoms. The lowest BCUT2D eigenvalue weighted by atomic mass is 9.97. The van der Waals surface area contributed by atoms with Crippen molar-refractivity contribution < 1.29 is 22.1 Å². The standard InChI is InChI=1S/C21H23FN4O4S2/c1-13-19(11-18(31-13)20-24-14(2)30-25-20)32(28,29)26-9-7-16(8-10-26)21(27)23-12-15-3-5-17(22)6-4-15/h3-6,11,16H,7-10,12H2,1-2H3,(H,23,27). The molecule has 1 amide bonds. The molecular formula is C21H23FN4O4S2. The second-order valence-corrected chi connectivity index (χ2v) is 10.9. The van der Waals surface area contributed by atoms with Crippen molar-refractivity contribution in [2.45, 2.75) is 38.1 Å². The first-order valence-electron chi connectivity index (χ1n) is 10.2. The molecule has 170 valence electrons. The summed E-state index contributed by atoms with van der Waals surface area (Å²) in [6.45, 7) is 4.27. The quantitative estimate of drug-likeness (QED) is 0.583. The highest BCUT2D eigenvalue weighted by Gasteiger charge is 2.34. The number of aryl methyl sites for hydroxylation is 2. The Bertz CT molecular complexity index is 1210. The van der Waals surface area contributed by atoms with Gasteiger partial charge in [0.2, 0.25) is 27.6 Å². The molecule has 0 unspecified atom stereocenters. The van der Waals surface area contributed by atoms with E-state index in [1.807, 2.05) is 0 Å². The zero-order chi connectivity index (χ0) is 22.9. The molecule has 2 aromatic heterocycles. The average Bonchev–Trinajstić information content (AvgIpc) is 3.39. The van der Waals surface area contributed by atoms with Crippen LogP contribution in [0.5, 0.6) is 0 Å². The Labute approximate surface area is 189 Å². The third-order valence-electron chi connectivity index (χ3n) is 5.44. The van der Waals surface area contributed by atoms with Gasteiger partial charge in [-0.05, 0) is 43.5 Å². The molecule has 1 N–H and O–H groups in total. The first-order valence-corrected chi connectivity index (χ1v) is 12.4. The summed E-state index contributed by atoms with van der Waals surface area (Å²) in [6.07, 6.45) is 0.878. The summed E-state index contributed by atoms with van der Waals surface area (Å²) in [7, 11) is -3.69. The monoisotopic (exact) mass is 478 g/mol. The topological polar surface area (TPSA) is 105 Å². The van der Waals surface area contributed by atoms with Crippen molar-refractivity contribution in [3.8, 4) is 10.7 Å². The molecule has 1 saturated heterocycles. The molecule has 0 aliphatic carbocycles. The number of amides is 1. The van der Waals surface area contributed by atoms with Gasteiger partial charge in [0.25, 0.3) is 0 Å². The van der Waals surface area contributed by atoms with E-state index in [1.165, 1.54) is 27.8 Å². The van der Waals surface area contributed by atoms with Crippen LogP contribution in [0.1, 0.15) is 29.2 Å². The van der Waals surface area contributed by atoms with E-state index in [0.29, 0.717) is 40.9 Å². The van der Waals surface area contributed by atoms with Gasteiger partial charge in [-0.3, -0.25) is 4.79 Å². The van der Waals surface area contributed by atoms with Crippen LogP contribution < -0.4 is 5.32 Å². The van der Waals surface area contributed by atoms with E-state index >= 15 is 0 Å². The number of hydrogen-bond donors (Lipinski definition) is 1. The van der Waals surface area contributed by atoms with Crippen LogP contribution in [0.25, 0.3) is 10.7 Å². The molecule has 3 aromatic rings. The van der Waals surface area contributed by atoms with Crippen LogP contribution in [0.15, 0.2) is 39.8 Å². The lowest BCUT2D eigenvalue weighted by Gasteiger charge is -2.30. The Morgan fingerprint density at radius 1 is 1.25 bits per heavy atom. The van der Waals surface area contributed by atoms with Crippen molar-refractivity contribution in [2.24, 2.45) is 5.92 Å². The van der Waals surface area contributed by atoms with Gasteiger partial charge in [0.15, 0.2) is 0 Å². The van der Waals surface area contributed by atoms with E-state index in [1.54, 1.807) is 32.0 Å². The number of aromatic nitrogens is 2. The fourth-order valence-corrected chi connectivity index (χ4v) is 6.62.